The van der Waals surface area contributed by atoms with Gasteiger partial charge >= 0.3 is 0 Å². The second-order valence-electron chi connectivity index (χ2n) is 4.55. The number of carbonyl (C=O) groups excluding carboxylic acids is 1. The Labute approximate surface area is 102 Å². The van der Waals surface area contributed by atoms with Crippen molar-refractivity contribution in [3.63, 3.8) is 0 Å². The number of hydrogen-bond acceptors (Lipinski definition) is 4. The van der Waals surface area contributed by atoms with Gasteiger partial charge in [0.25, 0.3) is 0 Å². The van der Waals surface area contributed by atoms with Crippen molar-refractivity contribution in [1.29, 1.82) is 0 Å². The van der Waals surface area contributed by atoms with Crippen LogP contribution in [0.4, 0.5) is 0 Å². The third kappa shape index (κ3) is 4.61. The van der Waals surface area contributed by atoms with Gasteiger partial charge in [0, 0.05) is 13.1 Å². The van der Waals surface area contributed by atoms with E-state index in [0.29, 0.717) is 26.3 Å². The largest absolute Gasteiger partial charge is 0.378 e. The maximum Gasteiger partial charge on any atom is 0.241 e. The van der Waals surface area contributed by atoms with Crippen molar-refractivity contribution in [2.75, 3.05) is 32.6 Å². The minimum atomic E-state index is -3.38. The van der Waals surface area contributed by atoms with Gasteiger partial charge in [-0.15, -0.1) is 0 Å². The van der Waals surface area contributed by atoms with Crippen molar-refractivity contribution < 1.29 is 17.9 Å². The summed E-state index contributed by atoms with van der Waals surface area (Å²) in [5.41, 5.74) is 0. The van der Waals surface area contributed by atoms with Gasteiger partial charge in [-0.25, -0.2) is 13.1 Å². The molecule has 0 spiro atoms. The number of nitrogens with zero attached hydrogens (tertiary/aromatic N) is 1. The number of carbonyl (C=O) groups is 1. The summed E-state index contributed by atoms with van der Waals surface area (Å²) >= 11 is 0. The maximum atomic E-state index is 12.2. The van der Waals surface area contributed by atoms with Crippen LogP contribution >= 0.6 is 0 Å². The van der Waals surface area contributed by atoms with Gasteiger partial charge in [-0.3, -0.25) is 4.79 Å². The third-order valence-electron chi connectivity index (χ3n) is 2.60. The summed E-state index contributed by atoms with van der Waals surface area (Å²) in [6.07, 6.45) is 1.06. The molecule has 1 N–H and O–H groups in total. The van der Waals surface area contributed by atoms with E-state index >= 15 is 0 Å². The molecule has 0 aliphatic carbocycles. The molecule has 100 valence electrons. The Hall–Kier alpha value is -0.660. The van der Waals surface area contributed by atoms with E-state index in [0.717, 1.165) is 6.26 Å². The first-order valence-corrected chi connectivity index (χ1v) is 7.54. The van der Waals surface area contributed by atoms with Crippen LogP contribution in [0.3, 0.4) is 0 Å². The topological polar surface area (TPSA) is 75.7 Å². The molecule has 1 heterocycles. The van der Waals surface area contributed by atoms with Crippen molar-refractivity contribution >= 4 is 15.9 Å². The van der Waals surface area contributed by atoms with Crippen LogP contribution in [0.1, 0.15) is 13.8 Å². The minimum Gasteiger partial charge on any atom is -0.378 e. The van der Waals surface area contributed by atoms with Crippen LogP contribution < -0.4 is 4.72 Å². The molecule has 17 heavy (non-hydrogen) atoms. The highest BCUT2D eigenvalue weighted by atomic mass is 32.2. The van der Waals surface area contributed by atoms with Gasteiger partial charge in [-0.2, -0.15) is 0 Å². The van der Waals surface area contributed by atoms with Crippen LogP contribution in [0.25, 0.3) is 0 Å². The molecular formula is C10H20N2O4S. The zero-order valence-corrected chi connectivity index (χ0v) is 11.3. The SMILES string of the molecule is CC(C)[C@H](NS(C)(=O)=O)C(=O)N1CCOCC1. The quantitative estimate of drug-likeness (QED) is 0.737. The highest BCUT2D eigenvalue weighted by Gasteiger charge is 2.30. The van der Waals surface area contributed by atoms with Crippen molar-refractivity contribution in [2.45, 2.75) is 19.9 Å². The van der Waals surface area contributed by atoms with E-state index in [9.17, 15) is 13.2 Å². The Bertz CT molecular complexity index is 361. The zero-order valence-electron chi connectivity index (χ0n) is 10.5. The first-order chi connectivity index (χ1) is 7.81. The van der Waals surface area contributed by atoms with E-state index in [1.165, 1.54) is 0 Å². The summed E-state index contributed by atoms with van der Waals surface area (Å²) in [5.74, 6) is -0.256. The molecule has 0 unspecified atom stereocenters. The second kappa shape index (κ2) is 5.79. The van der Waals surface area contributed by atoms with Gasteiger partial charge in [0.1, 0.15) is 6.04 Å². The second-order valence-corrected chi connectivity index (χ2v) is 6.33. The zero-order chi connectivity index (χ0) is 13.1. The Morgan fingerprint density at radius 3 is 2.24 bits per heavy atom. The number of nitrogens with one attached hydrogen (secondary N) is 1. The third-order valence-corrected chi connectivity index (χ3v) is 3.28. The first kappa shape index (κ1) is 14.4. The summed E-state index contributed by atoms with van der Waals surface area (Å²) in [7, 11) is -3.38. The van der Waals surface area contributed by atoms with Gasteiger partial charge in [-0.1, -0.05) is 13.8 Å². The number of morpholine rings is 1. The van der Waals surface area contributed by atoms with E-state index in [2.05, 4.69) is 4.72 Å². The number of ether oxygens (including phenoxy) is 1. The summed E-state index contributed by atoms with van der Waals surface area (Å²) in [5, 5.41) is 0. The first-order valence-electron chi connectivity index (χ1n) is 5.65. The van der Waals surface area contributed by atoms with Gasteiger partial charge in [0.15, 0.2) is 0 Å². The van der Waals surface area contributed by atoms with Crippen molar-refractivity contribution in [1.82, 2.24) is 9.62 Å². The average molecular weight is 264 g/mol. The Balaban J connectivity index is 2.72. The molecule has 0 aromatic carbocycles. The lowest BCUT2D eigenvalue weighted by molar-refractivity contribution is -0.138. The van der Waals surface area contributed by atoms with E-state index < -0.39 is 16.1 Å². The fraction of sp³-hybridized carbons (Fsp3) is 0.900. The number of hydrogen-bond donors (Lipinski definition) is 1. The van der Waals surface area contributed by atoms with E-state index in [1.54, 1.807) is 4.90 Å². The van der Waals surface area contributed by atoms with Crippen LogP contribution in [0, 0.1) is 5.92 Å². The lowest BCUT2D eigenvalue weighted by Crippen LogP contribution is -2.53. The Kier molecular flexibility index (Phi) is 4.91. The normalized spacial score (nSPS) is 19.4. The van der Waals surface area contributed by atoms with E-state index in [1.807, 2.05) is 13.8 Å². The molecule has 1 fully saturated rings. The molecule has 0 bridgehead atoms. The number of rotatable bonds is 4. The summed E-state index contributed by atoms with van der Waals surface area (Å²) in [6, 6.07) is -0.692. The summed E-state index contributed by atoms with van der Waals surface area (Å²) in [4.78, 5) is 13.8. The van der Waals surface area contributed by atoms with Crippen LogP contribution in [-0.4, -0.2) is 57.8 Å². The van der Waals surface area contributed by atoms with Gasteiger partial charge in [0.2, 0.25) is 15.9 Å². The molecule has 1 amide bonds. The lowest BCUT2D eigenvalue weighted by atomic mass is 10.0. The molecule has 7 heteroatoms. The number of sulfonamides is 1. The van der Waals surface area contributed by atoms with Crippen LogP contribution in [0.5, 0.6) is 0 Å². The Morgan fingerprint density at radius 2 is 1.82 bits per heavy atom. The van der Waals surface area contributed by atoms with Crippen LogP contribution in [-0.2, 0) is 19.6 Å². The van der Waals surface area contributed by atoms with Gasteiger partial charge in [0.05, 0.1) is 19.5 Å². The summed E-state index contributed by atoms with van der Waals surface area (Å²) < 4.78 is 30.0. The molecule has 1 saturated heterocycles. The van der Waals surface area contributed by atoms with Crippen molar-refractivity contribution in [3.05, 3.63) is 0 Å². The fourth-order valence-corrected chi connectivity index (χ4v) is 2.52. The molecule has 1 aliphatic heterocycles. The smallest absolute Gasteiger partial charge is 0.241 e. The van der Waals surface area contributed by atoms with Crippen molar-refractivity contribution in [2.24, 2.45) is 5.92 Å². The van der Waals surface area contributed by atoms with E-state index in [4.69, 9.17) is 4.74 Å². The van der Waals surface area contributed by atoms with Crippen LogP contribution in [0.2, 0.25) is 0 Å². The minimum absolute atomic E-state index is 0.0833. The number of amides is 1. The molecule has 1 atom stereocenters. The highest BCUT2D eigenvalue weighted by molar-refractivity contribution is 7.88. The Morgan fingerprint density at radius 1 is 1.29 bits per heavy atom. The molecule has 0 radical (unpaired) electrons. The fourth-order valence-electron chi connectivity index (χ4n) is 1.68. The standard InChI is InChI=1S/C10H20N2O4S/c1-8(2)9(11-17(3,14)15)10(13)12-4-6-16-7-5-12/h8-9,11H,4-7H2,1-3H3/t9-/m0/s1. The molecule has 1 aliphatic rings. The van der Waals surface area contributed by atoms with E-state index in [-0.39, 0.29) is 11.8 Å². The summed E-state index contributed by atoms with van der Waals surface area (Å²) in [6.45, 7) is 5.70. The molecule has 0 aromatic rings. The predicted octanol–water partition coefficient (Wildman–Crippen LogP) is -0.581. The van der Waals surface area contributed by atoms with Gasteiger partial charge < -0.3 is 9.64 Å². The average Bonchev–Trinajstić information content (AvgIpc) is 2.25. The molecular weight excluding hydrogens is 244 g/mol. The van der Waals surface area contributed by atoms with Gasteiger partial charge in [-0.05, 0) is 5.92 Å². The molecule has 0 saturated carbocycles. The monoisotopic (exact) mass is 264 g/mol. The molecule has 6 nitrogen and oxygen atoms in total. The predicted molar refractivity (Wildman–Crippen MR) is 64.0 cm³/mol. The molecule has 0 aromatic heterocycles. The highest BCUT2D eigenvalue weighted by Crippen LogP contribution is 2.09. The van der Waals surface area contributed by atoms with Crippen molar-refractivity contribution in [3.8, 4) is 0 Å². The lowest BCUT2D eigenvalue weighted by Gasteiger charge is -2.31. The van der Waals surface area contributed by atoms with Crippen LogP contribution in [0.15, 0.2) is 0 Å². The molecule has 1 rings (SSSR count). The maximum absolute atomic E-state index is 12.2.